The van der Waals surface area contributed by atoms with E-state index in [1.807, 2.05) is 18.3 Å². The number of esters is 1. The van der Waals surface area contributed by atoms with Crippen LogP contribution in [0.4, 0.5) is 0 Å². The summed E-state index contributed by atoms with van der Waals surface area (Å²) in [5.41, 5.74) is 3.18. The molecule has 2 heterocycles. The predicted octanol–water partition coefficient (Wildman–Crippen LogP) is 5.77. The fourth-order valence-corrected chi connectivity index (χ4v) is 6.25. The number of benzene rings is 1. The van der Waals surface area contributed by atoms with Crippen LogP contribution in [0.5, 0.6) is 5.75 Å². The lowest BCUT2D eigenvalue weighted by Gasteiger charge is -2.45. The molecule has 3 fully saturated rings. The van der Waals surface area contributed by atoms with Crippen molar-refractivity contribution in [3.8, 4) is 16.9 Å². The maximum Gasteiger partial charge on any atom is 0.309 e. The smallest absolute Gasteiger partial charge is 0.309 e. The van der Waals surface area contributed by atoms with Crippen molar-refractivity contribution in [1.82, 2.24) is 4.98 Å². The van der Waals surface area contributed by atoms with Gasteiger partial charge in [-0.05, 0) is 67.4 Å². The van der Waals surface area contributed by atoms with Crippen molar-refractivity contribution in [3.63, 3.8) is 0 Å². The SMILES string of the molecule is COc1ccc(-c2ccc(/C=C/C3C4CCCCC4CC4C(=O)O[C@@H](C)C43)nc2)cc1. The van der Waals surface area contributed by atoms with Gasteiger partial charge in [-0.25, -0.2) is 0 Å². The van der Waals surface area contributed by atoms with E-state index in [4.69, 9.17) is 9.47 Å². The van der Waals surface area contributed by atoms with Crippen LogP contribution in [-0.4, -0.2) is 24.2 Å². The lowest BCUT2D eigenvalue weighted by Crippen LogP contribution is -2.42. The summed E-state index contributed by atoms with van der Waals surface area (Å²) in [6.07, 6.45) is 12.6. The Morgan fingerprint density at radius 1 is 1.06 bits per heavy atom. The molecule has 6 atom stereocenters. The van der Waals surface area contributed by atoms with Crippen molar-refractivity contribution >= 4 is 12.0 Å². The highest BCUT2D eigenvalue weighted by molar-refractivity contribution is 5.75. The van der Waals surface area contributed by atoms with Gasteiger partial charge < -0.3 is 9.47 Å². The molecule has 3 aliphatic rings. The Morgan fingerprint density at radius 3 is 2.58 bits per heavy atom. The lowest BCUT2D eigenvalue weighted by molar-refractivity contribution is -0.144. The first kappa shape index (κ1) is 20.3. The van der Waals surface area contributed by atoms with Gasteiger partial charge in [0.15, 0.2) is 0 Å². The van der Waals surface area contributed by atoms with E-state index in [1.54, 1.807) is 7.11 Å². The van der Waals surface area contributed by atoms with E-state index in [2.05, 4.69) is 48.3 Å². The Labute approximate surface area is 184 Å². The zero-order chi connectivity index (χ0) is 21.4. The van der Waals surface area contributed by atoms with E-state index in [0.717, 1.165) is 29.0 Å². The van der Waals surface area contributed by atoms with E-state index in [1.165, 1.54) is 25.7 Å². The fourth-order valence-electron chi connectivity index (χ4n) is 6.25. The van der Waals surface area contributed by atoms with Crippen LogP contribution in [0.3, 0.4) is 0 Å². The van der Waals surface area contributed by atoms with Gasteiger partial charge in [0.25, 0.3) is 0 Å². The lowest BCUT2D eigenvalue weighted by atomic mass is 9.57. The van der Waals surface area contributed by atoms with Crippen LogP contribution in [0.1, 0.15) is 44.7 Å². The summed E-state index contributed by atoms with van der Waals surface area (Å²) in [6.45, 7) is 2.08. The number of carbonyl (C=O) groups is 1. The first-order valence-corrected chi connectivity index (χ1v) is 11.6. The van der Waals surface area contributed by atoms with Crippen LogP contribution >= 0.6 is 0 Å². The standard InChI is InChI=1S/C27H31NO3/c1-17-26-24(23-6-4-3-5-19(23)15-25(26)27(29)31-17)14-11-21-10-7-20(16-28-21)18-8-12-22(30-2)13-9-18/h7-14,16-17,19,23-26H,3-6,15H2,1-2H3/b14-11+/t17-,19?,23?,24?,25?,26?/m0/s1. The Kier molecular flexibility index (Phi) is 5.56. The molecule has 4 heteroatoms. The number of pyridine rings is 1. The number of hydrogen-bond acceptors (Lipinski definition) is 4. The highest BCUT2D eigenvalue weighted by Crippen LogP contribution is 2.53. The van der Waals surface area contributed by atoms with E-state index < -0.39 is 0 Å². The summed E-state index contributed by atoms with van der Waals surface area (Å²) >= 11 is 0. The molecule has 2 saturated carbocycles. The number of cyclic esters (lactones) is 1. The van der Waals surface area contributed by atoms with Crippen molar-refractivity contribution < 1.29 is 14.3 Å². The molecule has 4 nitrogen and oxygen atoms in total. The second-order valence-electron chi connectivity index (χ2n) is 9.41. The normalized spacial score (nSPS) is 32.4. The van der Waals surface area contributed by atoms with Gasteiger partial charge in [-0.1, -0.05) is 43.5 Å². The Hall–Kier alpha value is -2.62. The van der Waals surface area contributed by atoms with Gasteiger partial charge in [0.1, 0.15) is 11.9 Å². The molecule has 162 valence electrons. The first-order chi connectivity index (χ1) is 15.1. The van der Waals surface area contributed by atoms with Crippen LogP contribution < -0.4 is 4.74 Å². The molecule has 5 unspecified atom stereocenters. The summed E-state index contributed by atoms with van der Waals surface area (Å²) in [5, 5.41) is 0. The molecular weight excluding hydrogens is 386 g/mol. The van der Waals surface area contributed by atoms with E-state index in [9.17, 15) is 4.79 Å². The van der Waals surface area contributed by atoms with Crippen LogP contribution in [-0.2, 0) is 9.53 Å². The molecule has 0 spiro atoms. The summed E-state index contributed by atoms with van der Waals surface area (Å²) in [5.74, 6) is 2.99. The van der Waals surface area contributed by atoms with E-state index >= 15 is 0 Å². The summed E-state index contributed by atoms with van der Waals surface area (Å²) in [4.78, 5) is 17.1. The quantitative estimate of drug-likeness (QED) is 0.592. The molecule has 1 saturated heterocycles. The van der Waals surface area contributed by atoms with Crippen molar-refractivity contribution in [3.05, 3.63) is 54.4 Å². The number of fused-ring (bicyclic) bond motifs is 2. The van der Waals surface area contributed by atoms with E-state index in [-0.39, 0.29) is 18.0 Å². The molecule has 2 aliphatic carbocycles. The average Bonchev–Trinajstić information content (AvgIpc) is 3.10. The van der Waals surface area contributed by atoms with Crippen LogP contribution in [0.2, 0.25) is 0 Å². The molecule has 0 N–H and O–H groups in total. The highest BCUT2D eigenvalue weighted by Gasteiger charge is 2.53. The molecule has 1 aromatic carbocycles. The summed E-state index contributed by atoms with van der Waals surface area (Å²) in [7, 11) is 1.68. The predicted molar refractivity (Wildman–Crippen MR) is 121 cm³/mol. The maximum atomic E-state index is 12.5. The zero-order valence-corrected chi connectivity index (χ0v) is 18.4. The van der Waals surface area contributed by atoms with Gasteiger partial charge in [0.2, 0.25) is 0 Å². The van der Waals surface area contributed by atoms with Crippen molar-refractivity contribution in [2.75, 3.05) is 7.11 Å². The first-order valence-electron chi connectivity index (χ1n) is 11.6. The topological polar surface area (TPSA) is 48.4 Å². The molecule has 0 amide bonds. The van der Waals surface area contributed by atoms with Gasteiger partial charge in [-0.15, -0.1) is 0 Å². The highest BCUT2D eigenvalue weighted by atomic mass is 16.6. The molecule has 0 bridgehead atoms. The third kappa shape index (κ3) is 3.88. The summed E-state index contributed by atoms with van der Waals surface area (Å²) in [6, 6.07) is 12.2. The monoisotopic (exact) mass is 417 g/mol. The molecule has 1 aromatic heterocycles. The van der Waals surface area contributed by atoms with Crippen molar-refractivity contribution in [1.29, 1.82) is 0 Å². The number of hydrogen-bond donors (Lipinski definition) is 0. The Bertz CT molecular complexity index is 949. The second-order valence-corrected chi connectivity index (χ2v) is 9.41. The number of carbonyl (C=O) groups excluding carboxylic acids is 1. The molecule has 1 aliphatic heterocycles. The van der Waals surface area contributed by atoms with Crippen LogP contribution in [0.15, 0.2) is 48.7 Å². The molecule has 31 heavy (non-hydrogen) atoms. The van der Waals surface area contributed by atoms with Gasteiger partial charge in [-0.3, -0.25) is 9.78 Å². The number of nitrogens with zero attached hydrogens (tertiary/aromatic N) is 1. The minimum absolute atomic E-state index is 0.0143. The average molecular weight is 418 g/mol. The molecular formula is C27H31NO3. The van der Waals surface area contributed by atoms with Gasteiger partial charge in [0.05, 0.1) is 18.7 Å². The number of allylic oxidation sites excluding steroid dienone is 1. The zero-order valence-electron chi connectivity index (χ0n) is 18.4. The second kappa shape index (κ2) is 8.49. The third-order valence-corrected chi connectivity index (χ3v) is 7.77. The fraction of sp³-hybridized carbons (Fsp3) is 0.481. The molecule has 5 rings (SSSR count). The Morgan fingerprint density at radius 2 is 1.84 bits per heavy atom. The number of ether oxygens (including phenoxy) is 2. The van der Waals surface area contributed by atoms with Gasteiger partial charge in [0, 0.05) is 17.7 Å². The maximum absolute atomic E-state index is 12.5. The third-order valence-electron chi connectivity index (χ3n) is 7.77. The summed E-state index contributed by atoms with van der Waals surface area (Å²) < 4.78 is 10.9. The minimum atomic E-state index is 0.0143. The minimum Gasteiger partial charge on any atom is -0.497 e. The van der Waals surface area contributed by atoms with Crippen molar-refractivity contribution in [2.45, 2.75) is 45.1 Å². The van der Waals surface area contributed by atoms with E-state index in [0.29, 0.717) is 23.7 Å². The molecule has 2 aromatic rings. The van der Waals surface area contributed by atoms with Crippen molar-refractivity contribution in [2.24, 2.45) is 29.6 Å². The number of rotatable bonds is 4. The Balaban J connectivity index is 1.36. The van der Waals surface area contributed by atoms with Gasteiger partial charge >= 0.3 is 5.97 Å². The van der Waals surface area contributed by atoms with Gasteiger partial charge in [-0.2, -0.15) is 0 Å². The number of methoxy groups -OCH3 is 1. The van der Waals surface area contributed by atoms with Crippen LogP contribution in [0, 0.1) is 29.6 Å². The number of aromatic nitrogens is 1. The van der Waals surface area contributed by atoms with Crippen LogP contribution in [0.25, 0.3) is 17.2 Å². The largest absolute Gasteiger partial charge is 0.497 e. The molecule has 0 radical (unpaired) electrons.